The van der Waals surface area contributed by atoms with E-state index in [-0.39, 0.29) is 0 Å². The van der Waals surface area contributed by atoms with Crippen LogP contribution in [0.25, 0.3) is 0 Å². The van der Waals surface area contributed by atoms with Gasteiger partial charge in [0.15, 0.2) is 0 Å². The van der Waals surface area contributed by atoms with Crippen molar-refractivity contribution in [3.05, 3.63) is 22.3 Å². The summed E-state index contributed by atoms with van der Waals surface area (Å²) in [5.74, 6) is 1.10. The summed E-state index contributed by atoms with van der Waals surface area (Å²) in [5, 5.41) is 3.22. The first-order chi connectivity index (χ1) is 4.86. The van der Waals surface area contributed by atoms with Gasteiger partial charge in [0.2, 0.25) is 0 Å². The zero-order valence-corrected chi connectivity index (χ0v) is 6.29. The van der Waals surface area contributed by atoms with Gasteiger partial charge in [-0.2, -0.15) is 0 Å². The van der Waals surface area contributed by atoms with Gasteiger partial charge in [-0.05, 0) is 18.1 Å². The number of pyridine rings is 1. The van der Waals surface area contributed by atoms with Crippen molar-refractivity contribution in [3.63, 3.8) is 0 Å². The van der Waals surface area contributed by atoms with E-state index in [1.807, 2.05) is 6.07 Å². The maximum absolute atomic E-state index is 4.96. The van der Waals surface area contributed by atoms with Crippen molar-refractivity contribution in [1.82, 2.24) is 4.98 Å². The normalized spacial score (nSPS) is 14.4. The van der Waals surface area contributed by atoms with Crippen LogP contribution in [0.4, 0.5) is 5.82 Å². The van der Waals surface area contributed by atoms with Gasteiger partial charge in [0.25, 0.3) is 0 Å². The standard InChI is InChI=1S/C7H8N2S/c10-6-2-1-5-3-4-8-7(5)9-6/h1-2H,3-4H2,(H2,8,9,10). The Kier molecular flexibility index (Phi) is 1.24. The molecule has 3 heteroatoms. The second kappa shape index (κ2) is 2.09. The largest absolute Gasteiger partial charge is 0.371 e. The summed E-state index contributed by atoms with van der Waals surface area (Å²) >= 11 is 4.96. The number of anilines is 1. The highest BCUT2D eigenvalue weighted by Gasteiger charge is 2.07. The third kappa shape index (κ3) is 0.827. The van der Waals surface area contributed by atoms with Gasteiger partial charge in [0, 0.05) is 6.54 Å². The number of rotatable bonds is 0. The molecule has 2 heterocycles. The molecule has 2 rings (SSSR count). The van der Waals surface area contributed by atoms with E-state index >= 15 is 0 Å². The number of nitrogens with one attached hydrogen (secondary N) is 2. The zero-order chi connectivity index (χ0) is 6.97. The van der Waals surface area contributed by atoms with Gasteiger partial charge in [-0.1, -0.05) is 18.3 Å². The first-order valence-corrected chi connectivity index (χ1v) is 3.73. The molecule has 1 aromatic rings. The SMILES string of the molecule is S=c1ccc2c([nH]1)NCC2. The van der Waals surface area contributed by atoms with Crippen LogP contribution in [0.1, 0.15) is 5.56 Å². The van der Waals surface area contributed by atoms with Crippen molar-refractivity contribution in [2.75, 3.05) is 11.9 Å². The maximum atomic E-state index is 4.96. The fraction of sp³-hybridized carbons (Fsp3) is 0.286. The monoisotopic (exact) mass is 152 g/mol. The van der Waals surface area contributed by atoms with Gasteiger partial charge >= 0.3 is 0 Å². The minimum Gasteiger partial charge on any atom is -0.371 e. The van der Waals surface area contributed by atoms with Gasteiger partial charge in [0.05, 0.1) is 0 Å². The first-order valence-electron chi connectivity index (χ1n) is 3.32. The van der Waals surface area contributed by atoms with E-state index < -0.39 is 0 Å². The Morgan fingerprint density at radius 2 is 2.30 bits per heavy atom. The van der Waals surface area contributed by atoms with E-state index in [2.05, 4.69) is 16.4 Å². The lowest BCUT2D eigenvalue weighted by Crippen LogP contribution is -1.92. The number of hydrogen-bond donors (Lipinski definition) is 2. The Morgan fingerprint density at radius 1 is 1.40 bits per heavy atom. The second-order valence-corrected chi connectivity index (χ2v) is 2.84. The molecule has 0 amide bonds. The highest BCUT2D eigenvalue weighted by molar-refractivity contribution is 7.71. The Balaban J connectivity index is 2.63. The molecule has 52 valence electrons. The number of H-pyrrole nitrogens is 1. The molecule has 0 saturated heterocycles. The van der Waals surface area contributed by atoms with Crippen molar-refractivity contribution < 1.29 is 0 Å². The van der Waals surface area contributed by atoms with Crippen LogP contribution in [0.2, 0.25) is 0 Å². The number of aromatic amines is 1. The fourth-order valence-electron chi connectivity index (χ4n) is 1.19. The molecule has 1 aromatic heterocycles. The second-order valence-electron chi connectivity index (χ2n) is 2.40. The van der Waals surface area contributed by atoms with Gasteiger partial charge in [0.1, 0.15) is 10.5 Å². The summed E-state index contributed by atoms with van der Waals surface area (Å²) in [7, 11) is 0. The highest BCUT2D eigenvalue weighted by Crippen LogP contribution is 2.17. The van der Waals surface area contributed by atoms with E-state index in [1.165, 1.54) is 5.56 Å². The van der Waals surface area contributed by atoms with Gasteiger partial charge in [-0.3, -0.25) is 0 Å². The van der Waals surface area contributed by atoms with Crippen molar-refractivity contribution in [2.45, 2.75) is 6.42 Å². The molecule has 0 radical (unpaired) electrons. The molecule has 1 aliphatic rings. The van der Waals surface area contributed by atoms with Crippen molar-refractivity contribution in [3.8, 4) is 0 Å². The molecule has 0 aromatic carbocycles. The Bertz CT molecular complexity index is 303. The molecule has 10 heavy (non-hydrogen) atoms. The summed E-state index contributed by atoms with van der Waals surface area (Å²) in [6.07, 6.45) is 1.11. The smallest absolute Gasteiger partial charge is 0.107 e. The lowest BCUT2D eigenvalue weighted by molar-refractivity contribution is 1.11. The van der Waals surface area contributed by atoms with Gasteiger partial charge in [-0.15, -0.1) is 0 Å². The molecular formula is C7H8N2S. The summed E-state index contributed by atoms with van der Waals surface area (Å²) < 4.78 is 0.799. The summed E-state index contributed by atoms with van der Waals surface area (Å²) in [6.45, 7) is 1.03. The Labute approximate surface area is 64.3 Å². The van der Waals surface area contributed by atoms with Crippen LogP contribution in [0.5, 0.6) is 0 Å². The summed E-state index contributed by atoms with van der Waals surface area (Å²) in [5.41, 5.74) is 1.34. The Morgan fingerprint density at radius 3 is 3.20 bits per heavy atom. The zero-order valence-electron chi connectivity index (χ0n) is 5.48. The highest BCUT2D eigenvalue weighted by atomic mass is 32.1. The maximum Gasteiger partial charge on any atom is 0.107 e. The third-order valence-electron chi connectivity index (χ3n) is 1.70. The molecule has 0 bridgehead atoms. The van der Waals surface area contributed by atoms with Crippen LogP contribution in [-0.4, -0.2) is 11.5 Å². The molecule has 0 saturated carbocycles. The van der Waals surface area contributed by atoms with E-state index in [9.17, 15) is 0 Å². The van der Waals surface area contributed by atoms with E-state index in [0.29, 0.717) is 0 Å². The topological polar surface area (TPSA) is 27.8 Å². The van der Waals surface area contributed by atoms with E-state index in [4.69, 9.17) is 12.2 Å². The van der Waals surface area contributed by atoms with Crippen LogP contribution in [-0.2, 0) is 6.42 Å². The number of aromatic nitrogens is 1. The van der Waals surface area contributed by atoms with Crippen LogP contribution < -0.4 is 5.32 Å². The molecule has 2 nitrogen and oxygen atoms in total. The van der Waals surface area contributed by atoms with Gasteiger partial charge in [-0.25, -0.2) is 0 Å². The quantitative estimate of drug-likeness (QED) is 0.554. The van der Waals surface area contributed by atoms with Crippen LogP contribution in [0, 0.1) is 4.64 Å². The van der Waals surface area contributed by atoms with E-state index in [1.54, 1.807) is 0 Å². The third-order valence-corrected chi connectivity index (χ3v) is 1.94. The lowest BCUT2D eigenvalue weighted by Gasteiger charge is -1.96. The first kappa shape index (κ1) is 5.92. The van der Waals surface area contributed by atoms with Crippen molar-refractivity contribution in [1.29, 1.82) is 0 Å². The minimum atomic E-state index is 0.799. The number of fused-ring (bicyclic) bond motifs is 1. The van der Waals surface area contributed by atoms with Crippen molar-refractivity contribution >= 4 is 18.0 Å². The molecule has 0 atom stereocenters. The number of hydrogen-bond acceptors (Lipinski definition) is 2. The average Bonchev–Trinajstić information content (AvgIpc) is 2.33. The van der Waals surface area contributed by atoms with Crippen LogP contribution >= 0.6 is 12.2 Å². The predicted molar refractivity (Wildman–Crippen MR) is 43.8 cm³/mol. The van der Waals surface area contributed by atoms with Crippen LogP contribution in [0.15, 0.2) is 12.1 Å². The van der Waals surface area contributed by atoms with Gasteiger partial charge < -0.3 is 10.3 Å². The molecule has 2 N–H and O–H groups in total. The molecule has 1 aliphatic heterocycles. The molecule has 0 aliphatic carbocycles. The summed E-state index contributed by atoms with van der Waals surface area (Å²) in [6, 6.07) is 4.01. The Hall–Kier alpha value is -0.830. The summed E-state index contributed by atoms with van der Waals surface area (Å²) in [4.78, 5) is 3.09. The minimum absolute atomic E-state index is 0.799. The molecule has 0 spiro atoms. The molecule has 0 fully saturated rings. The lowest BCUT2D eigenvalue weighted by atomic mass is 10.2. The molecule has 0 unspecified atom stereocenters. The van der Waals surface area contributed by atoms with Crippen molar-refractivity contribution in [2.24, 2.45) is 0 Å². The van der Waals surface area contributed by atoms with E-state index in [0.717, 1.165) is 23.4 Å². The average molecular weight is 152 g/mol. The predicted octanol–water partition coefficient (Wildman–Crippen LogP) is 1.71. The molecular weight excluding hydrogens is 144 g/mol. The fourth-order valence-corrected chi connectivity index (χ4v) is 1.36. The van der Waals surface area contributed by atoms with Crippen LogP contribution in [0.3, 0.4) is 0 Å².